The van der Waals surface area contributed by atoms with Gasteiger partial charge in [0.05, 0.1) is 0 Å². The van der Waals surface area contributed by atoms with Crippen molar-refractivity contribution in [3.8, 4) is 0 Å². The van der Waals surface area contributed by atoms with Crippen LogP contribution in [0.1, 0.15) is 73.6 Å². The lowest BCUT2D eigenvalue weighted by molar-refractivity contribution is -0.134. The van der Waals surface area contributed by atoms with E-state index < -0.39 is 40.7 Å². The summed E-state index contributed by atoms with van der Waals surface area (Å²) in [7, 11) is 0. The highest BCUT2D eigenvalue weighted by molar-refractivity contribution is 8.38. The van der Waals surface area contributed by atoms with Gasteiger partial charge in [0.15, 0.2) is 0 Å². The van der Waals surface area contributed by atoms with Crippen LogP contribution in [0.3, 0.4) is 0 Å². The number of hydrogen-bond acceptors (Lipinski definition) is 8. The summed E-state index contributed by atoms with van der Waals surface area (Å²) >= 11 is 7.46. The molecule has 0 saturated heterocycles. The lowest BCUT2D eigenvalue weighted by Gasteiger charge is -2.59. The first kappa shape index (κ1) is 45.7. The first-order chi connectivity index (χ1) is 18.4. The van der Waals surface area contributed by atoms with Crippen LogP contribution in [-0.2, 0) is 0 Å². The molecule has 0 bridgehead atoms. The van der Waals surface area contributed by atoms with Gasteiger partial charge in [-0.2, -0.15) is 60.4 Å². The summed E-state index contributed by atoms with van der Waals surface area (Å²) < 4.78 is 107. The molecule has 41 heavy (non-hydrogen) atoms. The molecule has 0 spiro atoms. The van der Waals surface area contributed by atoms with Crippen LogP contribution in [0, 0.1) is 0 Å². The van der Waals surface area contributed by atoms with Crippen LogP contribution in [0.5, 0.6) is 0 Å². The molecule has 0 fully saturated rings. The average Bonchev–Trinajstić information content (AvgIpc) is 2.81. The van der Waals surface area contributed by atoms with E-state index in [9.17, 15) is 35.1 Å². The van der Waals surface area contributed by atoms with Crippen molar-refractivity contribution >= 4 is 108 Å². The van der Waals surface area contributed by atoms with Crippen LogP contribution >= 0.6 is 108 Å². The molecule has 0 rings (SSSR count). The second kappa shape index (κ2) is 21.5. The fourth-order valence-corrected chi connectivity index (χ4v) is 20.0. The minimum absolute atomic E-state index is 0. The average molecular weight is 773 g/mol. The zero-order valence-electron chi connectivity index (χ0n) is 24.4. The molecule has 0 aromatic heterocycles. The standard InChI is InChI=1S/C24H42F8S8.H2S/c1-8-11-15-36-23(38-17(4)5,37-16-12-13-20(27,28)29)22(34-10-3,35-14-9-2)21(18(6)33-7,39-19(25)26)40-24(30,31)32;/h17-19H,8-16H2,1-7H3;1H2. The molecule has 0 radical (unpaired) electrons. The van der Waals surface area contributed by atoms with Gasteiger partial charge in [0.1, 0.15) is 11.6 Å². The van der Waals surface area contributed by atoms with Gasteiger partial charge in [0.25, 0.3) is 5.76 Å². The molecule has 4 atom stereocenters. The maximum Gasteiger partial charge on any atom is 0.443 e. The summed E-state index contributed by atoms with van der Waals surface area (Å²) in [6.45, 7) is 11.1. The van der Waals surface area contributed by atoms with E-state index >= 15 is 0 Å². The zero-order valence-corrected chi connectivity index (χ0v) is 31.9. The van der Waals surface area contributed by atoms with Crippen molar-refractivity contribution in [2.24, 2.45) is 0 Å². The van der Waals surface area contributed by atoms with Crippen LogP contribution < -0.4 is 0 Å². The molecule has 0 N–H and O–H groups in total. The first-order valence-electron chi connectivity index (χ1n) is 13.0. The number of alkyl halides is 8. The van der Waals surface area contributed by atoms with Gasteiger partial charge in [-0.05, 0) is 60.3 Å². The normalized spacial score (nSPS) is 18.1. The fourth-order valence-electron chi connectivity index (χ4n) is 3.67. The molecule has 0 aromatic carbocycles. The molecule has 0 saturated carbocycles. The second-order valence-electron chi connectivity index (χ2n) is 8.86. The highest BCUT2D eigenvalue weighted by atomic mass is 32.3. The number of halogens is 8. The van der Waals surface area contributed by atoms with Crippen LogP contribution in [0.2, 0.25) is 0 Å². The molecule has 0 aliphatic rings. The Balaban J connectivity index is 0. The van der Waals surface area contributed by atoms with E-state index in [1.807, 2.05) is 34.6 Å². The quantitative estimate of drug-likeness (QED) is 0.0598. The highest BCUT2D eigenvalue weighted by Gasteiger charge is 2.70. The second-order valence-corrected chi connectivity index (χ2v) is 21.1. The van der Waals surface area contributed by atoms with Crippen molar-refractivity contribution < 1.29 is 35.1 Å². The number of thioether (sulfide) groups is 8. The molecule has 0 aromatic rings. The third kappa shape index (κ3) is 14.9. The largest absolute Gasteiger partial charge is 0.443 e. The van der Waals surface area contributed by atoms with Gasteiger partial charge in [-0.3, -0.25) is 0 Å². The Kier molecular flexibility index (Phi) is 23.9. The summed E-state index contributed by atoms with van der Waals surface area (Å²) in [6.07, 6.45) is -1.76. The van der Waals surface area contributed by atoms with E-state index in [1.165, 1.54) is 58.8 Å². The van der Waals surface area contributed by atoms with Crippen molar-refractivity contribution in [3.63, 3.8) is 0 Å². The van der Waals surface area contributed by atoms with Gasteiger partial charge in [0.2, 0.25) is 0 Å². The smallest absolute Gasteiger partial charge is 0.198 e. The number of hydrogen-bond donors (Lipinski definition) is 0. The topological polar surface area (TPSA) is 0 Å². The van der Waals surface area contributed by atoms with E-state index in [4.69, 9.17) is 0 Å². The van der Waals surface area contributed by atoms with Gasteiger partial charge in [0, 0.05) is 16.9 Å². The van der Waals surface area contributed by atoms with Crippen LogP contribution in [-0.4, -0.2) is 68.8 Å². The Labute approximate surface area is 283 Å². The van der Waals surface area contributed by atoms with Gasteiger partial charge in [-0.15, -0.1) is 58.8 Å². The monoisotopic (exact) mass is 772 g/mol. The minimum Gasteiger partial charge on any atom is -0.198 e. The molecule has 250 valence electrons. The Morgan fingerprint density at radius 3 is 1.66 bits per heavy atom. The predicted octanol–water partition coefficient (Wildman–Crippen LogP) is 12.8. The summed E-state index contributed by atoms with van der Waals surface area (Å²) in [5.41, 5.74) is -4.82. The Bertz CT molecular complexity index is 684. The van der Waals surface area contributed by atoms with Crippen LogP contribution in [0.25, 0.3) is 0 Å². The Morgan fingerprint density at radius 1 is 0.707 bits per heavy atom. The molecule has 0 amide bonds. The fraction of sp³-hybridized carbons (Fsp3) is 1.00. The maximum atomic E-state index is 14.5. The minimum atomic E-state index is -4.82. The molecule has 0 nitrogen and oxygen atoms in total. The lowest BCUT2D eigenvalue weighted by atomic mass is 10.2. The lowest BCUT2D eigenvalue weighted by Crippen LogP contribution is -2.62. The van der Waals surface area contributed by atoms with E-state index in [0.717, 1.165) is 24.6 Å². The number of unbranched alkanes of at least 4 members (excludes halogenated alkanes) is 1. The van der Waals surface area contributed by atoms with Crippen LogP contribution in [0.15, 0.2) is 0 Å². The van der Waals surface area contributed by atoms with E-state index in [1.54, 1.807) is 13.2 Å². The van der Waals surface area contributed by atoms with Crippen LogP contribution in [0.4, 0.5) is 35.1 Å². The molecule has 0 aliphatic heterocycles. The molecule has 4 unspecified atom stereocenters. The summed E-state index contributed by atoms with van der Waals surface area (Å²) in [6, 6.07) is 0. The van der Waals surface area contributed by atoms with Crippen molar-refractivity contribution in [3.05, 3.63) is 0 Å². The van der Waals surface area contributed by atoms with Gasteiger partial charge in [-0.25, -0.2) is 0 Å². The van der Waals surface area contributed by atoms with Gasteiger partial charge >= 0.3 is 11.7 Å². The highest BCUT2D eigenvalue weighted by Crippen LogP contribution is 2.75. The van der Waals surface area contributed by atoms with Crippen molar-refractivity contribution in [2.45, 2.75) is 113 Å². The Hall–Kier alpha value is 2.59. The van der Waals surface area contributed by atoms with E-state index in [2.05, 4.69) is 0 Å². The predicted molar refractivity (Wildman–Crippen MR) is 188 cm³/mol. The van der Waals surface area contributed by atoms with E-state index in [-0.39, 0.29) is 54.4 Å². The molecule has 0 heterocycles. The third-order valence-electron chi connectivity index (χ3n) is 5.22. The molecular weight excluding hydrogens is 729 g/mol. The maximum absolute atomic E-state index is 14.5. The third-order valence-corrected chi connectivity index (χ3v) is 19.9. The molecule has 17 heteroatoms. The number of rotatable bonds is 22. The Morgan fingerprint density at radius 2 is 1.27 bits per heavy atom. The van der Waals surface area contributed by atoms with Crippen molar-refractivity contribution in [2.75, 3.05) is 29.3 Å². The molecular formula is C24H44F8S9. The first-order valence-corrected chi connectivity index (χ1v) is 20.8. The zero-order chi connectivity index (χ0) is 31.3. The summed E-state index contributed by atoms with van der Waals surface area (Å²) in [5, 5.41) is -0.978. The van der Waals surface area contributed by atoms with Gasteiger partial charge < -0.3 is 0 Å². The SMILES string of the molecule is CCCCSC(SCCCC(F)(F)F)(SC(C)C)C(SCC)(SCCC)C(SC(F)F)(SC(F)(F)F)C(C)SC.S. The summed E-state index contributed by atoms with van der Waals surface area (Å²) in [5.74, 6) is -1.69. The van der Waals surface area contributed by atoms with Crippen molar-refractivity contribution in [1.29, 1.82) is 0 Å². The van der Waals surface area contributed by atoms with E-state index in [0.29, 0.717) is 23.7 Å². The van der Waals surface area contributed by atoms with Gasteiger partial charge in [-0.1, -0.05) is 59.7 Å². The van der Waals surface area contributed by atoms with Crippen molar-refractivity contribution in [1.82, 2.24) is 0 Å². The molecule has 0 aliphatic carbocycles. The summed E-state index contributed by atoms with van der Waals surface area (Å²) in [4.78, 5) is 0.